The molecule has 1 atom stereocenters. The van der Waals surface area contributed by atoms with Gasteiger partial charge in [0.2, 0.25) is 0 Å². The maximum atomic E-state index is 11.7. The zero-order valence-corrected chi connectivity index (χ0v) is 12.8. The van der Waals surface area contributed by atoms with Crippen molar-refractivity contribution in [3.63, 3.8) is 0 Å². The van der Waals surface area contributed by atoms with Crippen LogP contribution < -0.4 is 5.32 Å². The second kappa shape index (κ2) is 9.50. The molecule has 1 N–H and O–H groups in total. The lowest BCUT2D eigenvalue weighted by Gasteiger charge is -2.20. The molecule has 0 heterocycles. The summed E-state index contributed by atoms with van der Waals surface area (Å²) in [6, 6.07) is 10.2. The second-order valence-corrected chi connectivity index (χ2v) is 4.92. The average molecular weight is 278 g/mol. The molecule has 0 fully saturated rings. The van der Waals surface area contributed by atoms with Crippen molar-refractivity contribution < 1.29 is 9.53 Å². The molecule has 0 bridgehead atoms. The summed E-state index contributed by atoms with van der Waals surface area (Å²) in [6.07, 6.45) is 1.79. The van der Waals surface area contributed by atoms with Crippen molar-refractivity contribution in [3.8, 4) is 0 Å². The number of nitrogens with zero attached hydrogens (tertiary/aromatic N) is 1. The number of benzene rings is 1. The fourth-order valence-corrected chi connectivity index (χ4v) is 2.05. The number of carbonyl (C=O) groups is 1. The number of nitrogens with one attached hydrogen (secondary N) is 1. The first-order valence-electron chi connectivity index (χ1n) is 7.23. The molecule has 0 aliphatic heterocycles. The fourth-order valence-electron chi connectivity index (χ4n) is 2.05. The molecular formula is C16H26N2O2. The quantitative estimate of drug-likeness (QED) is 0.698. The Balaban J connectivity index is 2.27. The molecule has 0 aliphatic rings. The van der Waals surface area contributed by atoms with Crippen molar-refractivity contribution in [2.45, 2.75) is 25.8 Å². The normalized spacial score (nSPS) is 12.4. The van der Waals surface area contributed by atoms with Gasteiger partial charge in [-0.05, 0) is 46.0 Å². The maximum absolute atomic E-state index is 11.7. The number of hydrogen-bond donors (Lipinski definition) is 1. The largest absolute Gasteiger partial charge is 0.465 e. The van der Waals surface area contributed by atoms with E-state index in [2.05, 4.69) is 41.5 Å². The molecular weight excluding hydrogens is 252 g/mol. The van der Waals surface area contributed by atoms with E-state index in [1.54, 1.807) is 7.05 Å². The highest BCUT2D eigenvalue weighted by Crippen LogP contribution is 2.02. The molecule has 0 radical (unpaired) electrons. The Labute approximate surface area is 122 Å². The Morgan fingerprint density at radius 2 is 2.00 bits per heavy atom. The predicted molar refractivity (Wildman–Crippen MR) is 81.7 cm³/mol. The highest BCUT2D eigenvalue weighted by atomic mass is 16.5. The lowest BCUT2D eigenvalue weighted by Crippen LogP contribution is -2.38. The molecule has 0 saturated heterocycles. The van der Waals surface area contributed by atoms with Gasteiger partial charge in [0, 0.05) is 6.54 Å². The van der Waals surface area contributed by atoms with Crippen LogP contribution in [0.15, 0.2) is 30.3 Å². The Hall–Kier alpha value is -1.39. The van der Waals surface area contributed by atoms with Crippen LogP contribution >= 0.6 is 0 Å². The lowest BCUT2D eigenvalue weighted by atomic mass is 10.1. The molecule has 1 aromatic carbocycles. The van der Waals surface area contributed by atoms with Crippen LogP contribution in [0.2, 0.25) is 0 Å². The van der Waals surface area contributed by atoms with E-state index in [1.807, 2.05) is 13.0 Å². The zero-order valence-electron chi connectivity index (χ0n) is 12.8. The van der Waals surface area contributed by atoms with E-state index in [0.717, 1.165) is 25.9 Å². The first-order chi connectivity index (χ1) is 9.67. The third kappa shape index (κ3) is 6.17. The molecule has 0 spiro atoms. The van der Waals surface area contributed by atoms with Crippen LogP contribution in [-0.4, -0.2) is 50.7 Å². The standard InChI is InChI=1S/C16H26N2O2/c1-4-20-16(19)15(17-2)11-13-18(3)12-10-14-8-6-5-7-9-14/h5-9,15,17H,4,10-13H2,1-3H3. The van der Waals surface area contributed by atoms with Crippen LogP contribution in [0.3, 0.4) is 0 Å². The molecule has 4 heteroatoms. The molecule has 0 saturated carbocycles. The van der Waals surface area contributed by atoms with Gasteiger partial charge < -0.3 is 15.0 Å². The van der Waals surface area contributed by atoms with Crippen molar-refractivity contribution in [1.82, 2.24) is 10.2 Å². The SMILES string of the molecule is CCOC(=O)C(CCN(C)CCc1ccccc1)NC. The Kier molecular flexibility index (Phi) is 7.92. The predicted octanol–water partition coefficient (Wildman–Crippen LogP) is 1.70. The molecule has 0 amide bonds. The topological polar surface area (TPSA) is 41.6 Å². The summed E-state index contributed by atoms with van der Waals surface area (Å²) in [5.74, 6) is -0.161. The Bertz CT molecular complexity index is 381. The minimum Gasteiger partial charge on any atom is -0.465 e. The third-order valence-corrected chi connectivity index (χ3v) is 3.34. The summed E-state index contributed by atoms with van der Waals surface area (Å²) in [5.41, 5.74) is 1.34. The van der Waals surface area contributed by atoms with Crippen molar-refractivity contribution in [1.29, 1.82) is 0 Å². The number of esters is 1. The van der Waals surface area contributed by atoms with Gasteiger partial charge in [0.25, 0.3) is 0 Å². The number of rotatable bonds is 9. The Morgan fingerprint density at radius 1 is 1.30 bits per heavy atom. The summed E-state index contributed by atoms with van der Waals surface area (Å²) in [7, 11) is 3.88. The van der Waals surface area contributed by atoms with Gasteiger partial charge in [-0.2, -0.15) is 0 Å². The van der Waals surface area contributed by atoms with Crippen molar-refractivity contribution in [2.75, 3.05) is 33.8 Å². The van der Waals surface area contributed by atoms with Gasteiger partial charge in [0.05, 0.1) is 6.61 Å². The summed E-state index contributed by atoms with van der Waals surface area (Å²) < 4.78 is 5.04. The van der Waals surface area contributed by atoms with Gasteiger partial charge in [-0.1, -0.05) is 30.3 Å². The molecule has 1 rings (SSSR count). The maximum Gasteiger partial charge on any atom is 0.323 e. The summed E-state index contributed by atoms with van der Waals surface area (Å²) in [6.45, 7) is 4.12. The van der Waals surface area contributed by atoms with E-state index in [-0.39, 0.29) is 12.0 Å². The number of carbonyl (C=O) groups excluding carboxylic acids is 1. The van der Waals surface area contributed by atoms with Gasteiger partial charge in [-0.15, -0.1) is 0 Å². The summed E-state index contributed by atoms with van der Waals surface area (Å²) >= 11 is 0. The first kappa shape index (κ1) is 16.7. The van der Waals surface area contributed by atoms with Gasteiger partial charge in [-0.3, -0.25) is 4.79 Å². The average Bonchev–Trinajstić information content (AvgIpc) is 2.47. The smallest absolute Gasteiger partial charge is 0.323 e. The first-order valence-corrected chi connectivity index (χ1v) is 7.23. The minimum absolute atomic E-state index is 0.161. The molecule has 1 unspecified atom stereocenters. The van der Waals surface area contributed by atoms with E-state index in [1.165, 1.54) is 5.56 Å². The van der Waals surface area contributed by atoms with Crippen LogP contribution in [0.25, 0.3) is 0 Å². The van der Waals surface area contributed by atoms with E-state index < -0.39 is 0 Å². The number of likely N-dealkylation sites (N-methyl/N-ethyl adjacent to an activating group) is 2. The molecule has 20 heavy (non-hydrogen) atoms. The summed E-state index contributed by atoms with van der Waals surface area (Å²) in [4.78, 5) is 13.9. The van der Waals surface area contributed by atoms with Crippen LogP contribution in [0, 0.1) is 0 Å². The van der Waals surface area contributed by atoms with Gasteiger partial charge in [-0.25, -0.2) is 0 Å². The van der Waals surface area contributed by atoms with E-state index in [9.17, 15) is 4.79 Å². The Morgan fingerprint density at radius 3 is 2.60 bits per heavy atom. The molecule has 4 nitrogen and oxygen atoms in total. The minimum atomic E-state index is -0.214. The van der Waals surface area contributed by atoms with E-state index >= 15 is 0 Å². The lowest BCUT2D eigenvalue weighted by molar-refractivity contribution is -0.145. The zero-order chi connectivity index (χ0) is 14.8. The van der Waals surface area contributed by atoms with Crippen molar-refractivity contribution in [3.05, 3.63) is 35.9 Å². The van der Waals surface area contributed by atoms with Crippen LogP contribution in [0.4, 0.5) is 0 Å². The van der Waals surface area contributed by atoms with Crippen LogP contribution in [0.1, 0.15) is 18.9 Å². The van der Waals surface area contributed by atoms with Gasteiger partial charge in [0.15, 0.2) is 0 Å². The number of hydrogen-bond acceptors (Lipinski definition) is 4. The molecule has 0 aliphatic carbocycles. The van der Waals surface area contributed by atoms with Crippen molar-refractivity contribution >= 4 is 5.97 Å². The fraction of sp³-hybridized carbons (Fsp3) is 0.562. The number of ether oxygens (including phenoxy) is 1. The van der Waals surface area contributed by atoms with Gasteiger partial charge in [0.1, 0.15) is 6.04 Å². The second-order valence-electron chi connectivity index (χ2n) is 4.92. The highest BCUT2D eigenvalue weighted by Gasteiger charge is 2.17. The third-order valence-electron chi connectivity index (χ3n) is 3.34. The molecule has 112 valence electrons. The van der Waals surface area contributed by atoms with Crippen molar-refractivity contribution in [2.24, 2.45) is 0 Å². The van der Waals surface area contributed by atoms with E-state index in [0.29, 0.717) is 6.61 Å². The van der Waals surface area contributed by atoms with E-state index in [4.69, 9.17) is 4.74 Å². The molecule has 0 aromatic heterocycles. The summed E-state index contributed by atoms with van der Waals surface area (Å²) in [5, 5.41) is 3.01. The monoisotopic (exact) mass is 278 g/mol. The molecule has 1 aromatic rings. The van der Waals surface area contributed by atoms with Gasteiger partial charge >= 0.3 is 5.97 Å². The van der Waals surface area contributed by atoms with Crippen LogP contribution in [-0.2, 0) is 16.0 Å². The van der Waals surface area contributed by atoms with Crippen LogP contribution in [0.5, 0.6) is 0 Å². The highest BCUT2D eigenvalue weighted by molar-refractivity contribution is 5.75.